The Bertz CT molecular complexity index is 754. The van der Waals surface area contributed by atoms with Gasteiger partial charge in [-0.05, 0) is 29.8 Å². The topological polar surface area (TPSA) is 55.8 Å². The zero-order chi connectivity index (χ0) is 18.9. The maximum Gasteiger partial charge on any atom is 0.316 e. The molecule has 0 radical (unpaired) electrons. The molecule has 5 nitrogen and oxygen atoms in total. The quantitative estimate of drug-likeness (QED) is 0.523. The minimum absolute atomic E-state index is 0.130. The zero-order valence-electron chi connectivity index (χ0n) is 14.6. The van der Waals surface area contributed by atoms with Crippen LogP contribution in [0.25, 0.3) is 0 Å². The molecule has 0 fully saturated rings. The zero-order valence-corrected chi connectivity index (χ0v) is 15.4. The number of hydrogen-bond donors (Lipinski definition) is 0. The number of ether oxygens (including phenoxy) is 2. The van der Waals surface area contributed by atoms with E-state index in [0.29, 0.717) is 5.56 Å². The van der Waals surface area contributed by atoms with Crippen LogP contribution in [0.5, 0.6) is 5.75 Å². The summed E-state index contributed by atoms with van der Waals surface area (Å²) in [6.07, 6.45) is 0. The van der Waals surface area contributed by atoms with E-state index in [0.717, 1.165) is 4.90 Å². The fraction of sp³-hybridized carbons (Fsp3) is 0.263. The standard InChI is InChI=1S/C19H20FNO4S/c1-21(11-14-8-9-17(24-2)16(20)10-14)18(22)12-25-19(23)13-26-15-6-4-3-5-7-15/h3-10H,11-13H2,1-2H3. The Morgan fingerprint density at radius 3 is 2.54 bits per heavy atom. The maximum atomic E-state index is 13.7. The Balaban J connectivity index is 1.76. The molecule has 0 aliphatic rings. The number of nitrogens with zero attached hydrogens (tertiary/aromatic N) is 1. The second-order valence-electron chi connectivity index (χ2n) is 5.48. The van der Waals surface area contributed by atoms with E-state index >= 15 is 0 Å². The molecular formula is C19H20FNO4S. The molecule has 0 aromatic heterocycles. The molecule has 0 unspecified atom stereocenters. The number of methoxy groups -OCH3 is 1. The first-order valence-corrected chi connectivity index (χ1v) is 8.88. The third-order valence-corrected chi connectivity index (χ3v) is 4.50. The van der Waals surface area contributed by atoms with Gasteiger partial charge in [-0.1, -0.05) is 24.3 Å². The van der Waals surface area contributed by atoms with Gasteiger partial charge in [0, 0.05) is 18.5 Å². The smallest absolute Gasteiger partial charge is 0.316 e. The van der Waals surface area contributed by atoms with Crippen LogP contribution in [-0.4, -0.2) is 43.3 Å². The third-order valence-electron chi connectivity index (χ3n) is 3.52. The Kier molecular flexibility index (Phi) is 7.47. The first-order chi connectivity index (χ1) is 12.5. The summed E-state index contributed by atoms with van der Waals surface area (Å²) in [5.41, 5.74) is 0.616. The number of benzene rings is 2. The number of rotatable bonds is 8. The Morgan fingerprint density at radius 1 is 1.15 bits per heavy atom. The summed E-state index contributed by atoms with van der Waals surface area (Å²) in [4.78, 5) is 26.1. The summed E-state index contributed by atoms with van der Waals surface area (Å²) >= 11 is 1.34. The molecule has 2 aromatic carbocycles. The number of esters is 1. The second kappa shape index (κ2) is 9.82. The largest absolute Gasteiger partial charge is 0.494 e. The minimum Gasteiger partial charge on any atom is -0.494 e. The van der Waals surface area contributed by atoms with Crippen molar-refractivity contribution in [3.8, 4) is 5.75 Å². The van der Waals surface area contributed by atoms with E-state index in [1.54, 1.807) is 13.1 Å². The predicted octanol–water partition coefficient (Wildman–Crippen LogP) is 3.13. The SMILES string of the molecule is COc1ccc(CN(C)C(=O)COC(=O)CSc2ccccc2)cc1F. The van der Waals surface area contributed by atoms with Crippen molar-refractivity contribution in [2.24, 2.45) is 0 Å². The van der Waals surface area contributed by atoms with E-state index in [9.17, 15) is 14.0 Å². The second-order valence-corrected chi connectivity index (χ2v) is 6.53. The molecule has 26 heavy (non-hydrogen) atoms. The number of carbonyl (C=O) groups is 2. The molecule has 0 heterocycles. The van der Waals surface area contributed by atoms with Crippen LogP contribution in [0.3, 0.4) is 0 Å². The highest BCUT2D eigenvalue weighted by Crippen LogP contribution is 2.19. The van der Waals surface area contributed by atoms with Crippen LogP contribution in [-0.2, 0) is 20.9 Å². The summed E-state index contributed by atoms with van der Waals surface area (Å²) in [6, 6.07) is 13.9. The van der Waals surface area contributed by atoms with Crippen molar-refractivity contribution >= 4 is 23.6 Å². The van der Waals surface area contributed by atoms with Gasteiger partial charge in [0.25, 0.3) is 5.91 Å². The average Bonchev–Trinajstić information content (AvgIpc) is 2.65. The summed E-state index contributed by atoms with van der Waals surface area (Å²) in [5, 5.41) is 0. The van der Waals surface area contributed by atoms with Crippen molar-refractivity contribution in [1.82, 2.24) is 4.90 Å². The van der Waals surface area contributed by atoms with Crippen LogP contribution < -0.4 is 4.74 Å². The molecule has 0 spiro atoms. The highest BCUT2D eigenvalue weighted by atomic mass is 32.2. The molecule has 2 aromatic rings. The fourth-order valence-corrected chi connectivity index (χ4v) is 2.84. The van der Waals surface area contributed by atoms with E-state index < -0.39 is 11.8 Å². The Morgan fingerprint density at radius 2 is 1.88 bits per heavy atom. The minimum atomic E-state index is -0.491. The summed E-state index contributed by atoms with van der Waals surface area (Å²) in [5.74, 6) is -1.04. The van der Waals surface area contributed by atoms with Gasteiger partial charge in [0.1, 0.15) is 0 Å². The van der Waals surface area contributed by atoms with Gasteiger partial charge in [0.05, 0.1) is 12.9 Å². The molecule has 2 rings (SSSR count). The predicted molar refractivity (Wildman–Crippen MR) is 97.6 cm³/mol. The molecule has 1 amide bonds. The van der Waals surface area contributed by atoms with Gasteiger partial charge in [0.2, 0.25) is 0 Å². The molecule has 0 aliphatic heterocycles. The maximum absolute atomic E-state index is 13.7. The first-order valence-electron chi connectivity index (χ1n) is 7.89. The number of likely N-dealkylation sites (N-methyl/N-ethyl adjacent to an activating group) is 1. The van der Waals surface area contributed by atoms with Crippen molar-refractivity contribution in [2.75, 3.05) is 26.5 Å². The number of carbonyl (C=O) groups excluding carboxylic acids is 2. The summed E-state index contributed by atoms with van der Waals surface area (Å²) < 4.78 is 23.5. The van der Waals surface area contributed by atoms with Crippen LogP contribution >= 0.6 is 11.8 Å². The van der Waals surface area contributed by atoms with E-state index in [4.69, 9.17) is 9.47 Å². The Hall–Kier alpha value is -2.54. The van der Waals surface area contributed by atoms with Crippen LogP contribution in [0.2, 0.25) is 0 Å². The molecule has 0 bridgehead atoms. The molecule has 0 N–H and O–H groups in total. The van der Waals surface area contributed by atoms with Crippen molar-refractivity contribution in [2.45, 2.75) is 11.4 Å². The lowest BCUT2D eigenvalue weighted by atomic mass is 10.2. The molecular weight excluding hydrogens is 357 g/mol. The van der Waals surface area contributed by atoms with Gasteiger partial charge in [-0.3, -0.25) is 9.59 Å². The van der Waals surface area contributed by atoms with Crippen molar-refractivity contribution in [3.05, 3.63) is 59.9 Å². The average molecular weight is 377 g/mol. The number of hydrogen-bond acceptors (Lipinski definition) is 5. The molecule has 0 atom stereocenters. The highest BCUT2D eigenvalue weighted by Gasteiger charge is 2.14. The lowest BCUT2D eigenvalue weighted by Gasteiger charge is -2.17. The molecule has 0 aliphatic carbocycles. The molecule has 0 saturated heterocycles. The van der Waals surface area contributed by atoms with Crippen LogP contribution in [0, 0.1) is 5.82 Å². The van der Waals surface area contributed by atoms with Crippen molar-refractivity contribution in [1.29, 1.82) is 0 Å². The van der Waals surface area contributed by atoms with Gasteiger partial charge >= 0.3 is 5.97 Å². The Labute approximate surface area is 156 Å². The fourth-order valence-electron chi connectivity index (χ4n) is 2.12. The van der Waals surface area contributed by atoms with E-state index in [1.807, 2.05) is 30.3 Å². The van der Waals surface area contributed by atoms with Gasteiger partial charge in [-0.15, -0.1) is 11.8 Å². The molecule has 7 heteroatoms. The lowest BCUT2D eigenvalue weighted by molar-refractivity contribution is -0.149. The van der Waals surface area contributed by atoms with Crippen LogP contribution in [0.4, 0.5) is 4.39 Å². The number of amides is 1. The van der Waals surface area contributed by atoms with E-state index in [-0.39, 0.29) is 30.6 Å². The number of halogens is 1. The number of thioether (sulfide) groups is 1. The van der Waals surface area contributed by atoms with Crippen molar-refractivity contribution in [3.63, 3.8) is 0 Å². The van der Waals surface area contributed by atoms with Gasteiger partial charge in [0.15, 0.2) is 18.2 Å². The summed E-state index contributed by atoms with van der Waals surface area (Å²) in [6.45, 7) is -0.140. The molecule has 138 valence electrons. The van der Waals surface area contributed by atoms with Gasteiger partial charge < -0.3 is 14.4 Å². The van der Waals surface area contributed by atoms with Crippen LogP contribution in [0.1, 0.15) is 5.56 Å². The van der Waals surface area contributed by atoms with E-state index in [2.05, 4.69) is 0 Å². The van der Waals surface area contributed by atoms with Crippen molar-refractivity contribution < 1.29 is 23.5 Å². The van der Waals surface area contributed by atoms with Crippen LogP contribution in [0.15, 0.2) is 53.4 Å². The molecule has 0 saturated carbocycles. The normalized spacial score (nSPS) is 10.3. The monoisotopic (exact) mass is 377 g/mol. The third kappa shape index (κ3) is 6.07. The summed E-state index contributed by atoms with van der Waals surface area (Å²) in [7, 11) is 2.95. The lowest BCUT2D eigenvalue weighted by Crippen LogP contribution is -2.31. The van der Waals surface area contributed by atoms with E-state index in [1.165, 1.54) is 35.9 Å². The van der Waals surface area contributed by atoms with Gasteiger partial charge in [-0.2, -0.15) is 0 Å². The van der Waals surface area contributed by atoms with Gasteiger partial charge in [-0.25, -0.2) is 4.39 Å². The highest BCUT2D eigenvalue weighted by molar-refractivity contribution is 8.00. The first kappa shape index (κ1) is 19.8.